The molecule has 1 amide bonds. The average molecular weight is 265 g/mol. The monoisotopic (exact) mass is 265 g/mol. The molecule has 0 bridgehead atoms. The number of ether oxygens (including phenoxy) is 2. The number of amides is 1. The second-order valence-corrected chi connectivity index (χ2v) is 4.77. The SMILES string of the molecule is COC(=O)N(C)CCc1c(C)cc(OC)c(C)c1C. The van der Waals surface area contributed by atoms with Gasteiger partial charge >= 0.3 is 6.09 Å². The van der Waals surface area contributed by atoms with E-state index in [2.05, 4.69) is 31.6 Å². The van der Waals surface area contributed by atoms with Gasteiger partial charge in [0, 0.05) is 13.6 Å². The number of hydrogen-bond acceptors (Lipinski definition) is 3. The lowest BCUT2D eigenvalue weighted by atomic mass is 9.95. The summed E-state index contributed by atoms with van der Waals surface area (Å²) in [6, 6.07) is 2.05. The Bertz CT molecular complexity index is 469. The summed E-state index contributed by atoms with van der Waals surface area (Å²) in [5.74, 6) is 0.917. The molecule has 0 saturated carbocycles. The normalized spacial score (nSPS) is 10.2. The van der Waals surface area contributed by atoms with Gasteiger partial charge in [-0.3, -0.25) is 0 Å². The van der Waals surface area contributed by atoms with Crippen LogP contribution in [0.3, 0.4) is 0 Å². The zero-order chi connectivity index (χ0) is 14.6. The second kappa shape index (κ2) is 6.45. The van der Waals surface area contributed by atoms with Gasteiger partial charge in [-0.15, -0.1) is 0 Å². The molecule has 19 heavy (non-hydrogen) atoms. The molecule has 4 heteroatoms. The van der Waals surface area contributed by atoms with Crippen molar-refractivity contribution in [1.29, 1.82) is 0 Å². The first-order chi connectivity index (χ1) is 8.92. The molecule has 0 aliphatic rings. The van der Waals surface area contributed by atoms with Gasteiger partial charge in [0.1, 0.15) is 5.75 Å². The molecule has 0 saturated heterocycles. The van der Waals surface area contributed by atoms with E-state index in [4.69, 9.17) is 4.74 Å². The fraction of sp³-hybridized carbons (Fsp3) is 0.533. The maximum atomic E-state index is 11.4. The molecule has 106 valence electrons. The van der Waals surface area contributed by atoms with Crippen molar-refractivity contribution >= 4 is 6.09 Å². The molecule has 0 spiro atoms. The number of benzene rings is 1. The molecule has 0 fully saturated rings. The largest absolute Gasteiger partial charge is 0.496 e. The summed E-state index contributed by atoms with van der Waals surface area (Å²) in [5.41, 5.74) is 4.85. The van der Waals surface area contributed by atoms with Gasteiger partial charge in [-0.25, -0.2) is 4.79 Å². The van der Waals surface area contributed by atoms with E-state index in [0.29, 0.717) is 6.54 Å². The Morgan fingerprint density at radius 2 is 1.84 bits per heavy atom. The Kier molecular flexibility index (Phi) is 5.21. The second-order valence-electron chi connectivity index (χ2n) is 4.77. The predicted molar refractivity (Wildman–Crippen MR) is 75.9 cm³/mol. The molecule has 0 aromatic heterocycles. The summed E-state index contributed by atoms with van der Waals surface area (Å²) < 4.78 is 10.0. The third-order valence-corrected chi connectivity index (χ3v) is 3.61. The number of rotatable bonds is 4. The van der Waals surface area contributed by atoms with Crippen LogP contribution in [0.15, 0.2) is 6.07 Å². The third-order valence-electron chi connectivity index (χ3n) is 3.61. The van der Waals surface area contributed by atoms with Crippen LogP contribution in [0, 0.1) is 20.8 Å². The van der Waals surface area contributed by atoms with E-state index < -0.39 is 0 Å². The van der Waals surface area contributed by atoms with Crippen LogP contribution in [0.5, 0.6) is 5.75 Å². The first-order valence-corrected chi connectivity index (χ1v) is 6.35. The number of carbonyl (C=O) groups is 1. The van der Waals surface area contributed by atoms with E-state index in [1.54, 1.807) is 19.1 Å². The van der Waals surface area contributed by atoms with Gasteiger partial charge < -0.3 is 14.4 Å². The fourth-order valence-corrected chi connectivity index (χ4v) is 2.22. The summed E-state index contributed by atoms with van der Waals surface area (Å²) in [6.07, 6.45) is 0.509. The van der Waals surface area contributed by atoms with Crippen molar-refractivity contribution in [2.24, 2.45) is 0 Å². The van der Waals surface area contributed by atoms with Crippen molar-refractivity contribution in [2.75, 3.05) is 27.8 Å². The number of methoxy groups -OCH3 is 2. The lowest BCUT2D eigenvalue weighted by molar-refractivity contribution is 0.134. The minimum Gasteiger partial charge on any atom is -0.496 e. The fourth-order valence-electron chi connectivity index (χ4n) is 2.22. The summed E-state index contributed by atoms with van der Waals surface area (Å²) in [6.45, 7) is 6.86. The lowest BCUT2D eigenvalue weighted by Gasteiger charge is -2.19. The summed E-state index contributed by atoms with van der Waals surface area (Å²) >= 11 is 0. The van der Waals surface area contributed by atoms with Gasteiger partial charge in [-0.2, -0.15) is 0 Å². The average Bonchev–Trinajstić information content (AvgIpc) is 2.41. The molecule has 0 unspecified atom stereocenters. The van der Waals surface area contributed by atoms with Crippen LogP contribution >= 0.6 is 0 Å². The molecular weight excluding hydrogens is 242 g/mol. The third kappa shape index (κ3) is 3.40. The molecule has 0 aliphatic heterocycles. The molecule has 1 aromatic rings. The van der Waals surface area contributed by atoms with Crippen molar-refractivity contribution in [1.82, 2.24) is 4.90 Å². The Labute approximate surface area is 115 Å². The summed E-state index contributed by atoms with van der Waals surface area (Å²) in [5, 5.41) is 0. The van der Waals surface area contributed by atoms with E-state index in [1.807, 2.05) is 0 Å². The lowest BCUT2D eigenvalue weighted by Crippen LogP contribution is -2.28. The Balaban J connectivity index is 2.90. The maximum Gasteiger partial charge on any atom is 0.409 e. The molecule has 1 aromatic carbocycles. The highest BCUT2D eigenvalue weighted by atomic mass is 16.5. The van der Waals surface area contributed by atoms with E-state index in [-0.39, 0.29) is 6.09 Å². The van der Waals surface area contributed by atoms with Crippen molar-refractivity contribution < 1.29 is 14.3 Å². The van der Waals surface area contributed by atoms with Crippen LogP contribution in [0.4, 0.5) is 4.79 Å². The van der Waals surface area contributed by atoms with Gasteiger partial charge in [0.2, 0.25) is 0 Å². The van der Waals surface area contributed by atoms with Crippen LogP contribution in [0.25, 0.3) is 0 Å². The number of nitrogens with zero attached hydrogens (tertiary/aromatic N) is 1. The van der Waals surface area contributed by atoms with Crippen LogP contribution in [-0.2, 0) is 11.2 Å². The van der Waals surface area contributed by atoms with E-state index >= 15 is 0 Å². The van der Waals surface area contributed by atoms with E-state index in [1.165, 1.54) is 23.8 Å². The highest BCUT2D eigenvalue weighted by Crippen LogP contribution is 2.27. The van der Waals surface area contributed by atoms with Crippen LogP contribution in [-0.4, -0.2) is 38.8 Å². The zero-order valence-corrected chi connectivity index (χ0v) is 12.7. The van der Waals surface area contributed by atoms with Crippen LogP contribution in [0.2, 0.25) is 0 Å². The Hall–Kier alpha value is -1.71. The Morgan fingerprint density at radius 3 is 2.37 bits per heavy atom. The van der Waals surface area contributed by atoms with Gasteiger partial charge in [0.05, 0.1) is 14.2 Å². The quantitative estimate of drug-likeness (QED) is 0.840. The minimum atomic E-state index is -0.305. The topological polar surface area (TPSA) is 38.8 Å². The summed E-state index contributed by atoms with van der Waals surface area (Å²) in [4.78, 5) is 12.9. The van der Waals surface area contributed by atoms with Crippen LogP contribution in [0.1, 0.15) is 22.3 Å². The van der Waals surface area contributed by atoms with E-state index in [9.17, 15) is 4.79 Å². The zero-order valence-electron chi connectivity index (χ0n) is 12.7. The molecule has 0 heterocycles. The molecule has 0 radical (unpaired) electrons. The molecule has 4 nitrogen and oxygen atoms in total. The molecular formula is C15H23NO3. The highest BCUT2D eigenvalue weighted by Gasteiger charge is 2.13. The maximum absolute atomic E-state index is 11.4. The van der Waals surface area contributed by atoms with Crippen molar-refractivity contribution in [2.45, 2.75) is 27.2 Å². The van der Waals surface area contributed by atoms with Crippen molar-refractivity contribution in [3.05, 3.63) is 28.3 Å². The van der Waals surface area contributed by atoms with Crippen molar-refractivity contribution in [3.8, 4) is 5.75 Å². The van der Waals surface area contributed by atoms with Gasteiger partial charge in [0.15, 0.2) is 0 Å². The predicted octanol–water partition coefficient (Wildman–Crippen LogP) is 2.86. The Morgan fingerprint density at radius 1 is 1.21 bits per heavy atom. The van der Waals surface area contributed by atoms with E-state index in [0.717, 1.165) is 17.7 Å². The first-order valence-electron chi connectivity index (χ1n) is 6.35. The summed E-state index contributed by atoms with van der Waals surface area (Å²) in [7, 11) is 4.83. The number of likely N-dealkylation sites (N-methyl/N-ethyl adjacent to an activating group) is 1. The van der Waals surface area contributed by atoms with Crippen LogP contribution < -0.4 is 4.74 Å². The minimum absolute atomic E-state index is 0.305. The van der Waals surface area contributed by atoms with Gasteiger partial charge in [-0.05, 0) is 55.5 Å². The smallest absolute Gasteiger partial charge is 0.409 e. The number of carbonyl (C=O) groups excluding carboxylic acids is 1. The molecule has 1 rings (SSSR count). The highest BCUT2D eigenvalue weighted by molar-refractivity contribution is 5.67. The van der Waals surface area contributed by atoms with Crippen molar-refractivity contribution in [3.63, 3.8) is 0 Å². The number of aryl methyl sites for hydroxylation is 1. The molecule has 0 N–H and O–H groups in total. The molecule has 0 atom stereocenters. The first kappa shape index (κ1) is 15.3. The van der Waals surface area contributed by atoms with Gasteiger partial charge in [-0.1, -0.05) is 0 Å². The molecule has 0 aliphatic carbocycles. The standard InChI is InChI=1S/C15H23NO3/c1-10-9-14(18-5)12(3)11(2)13(10)7-8-16(4)15(17)19-6/h9H,7-8H2,1-6H3. The van der Waals surface area contributed by atoms with Gasteiger partial charge in [0.25, 0.3) is 0 Å². The number of hydrogen-bond donors (Lipinski definition) is 0.